The molecule has 1 aliphatic heterocycles. The fourth-order valence-corrected chi connectivity index (χ4v) is 2.66. The fourth-order valence-electron chi connectivity index (χ4n) is 2.66. The van der Waals surface area contributed by atoms with E-state index < -0.39 is 0 Å². The van der Waals surface area contributed by atoms with Gasteiger partial charge < -0.3 is 15.0 Å². The molecule has 2 atom stereocenters. The van der Waals surface area contributed by atoms with E-state index >= 15 is 0 Å². The third-order valence-corrected chi connectivity index (χ3v) is 4.06. The molecule has 1 saturated heterocycles. The molecule has 1 N–H and O–H groups in total. The summed E-state index contributed by atoms with van der Waals surface area (Å²) in [5.74, 6) is 1.21. The van der Waals surface area contributed by atoms with Crippen LogP contribution >= 0.6 is 0 Å². The number of nitrogens with zero attached hydrogens (tertiary/aromatic N) is 2. The van der Waals surface area contributed by atoms with Gasteiger partial charge >= 0.3 is 0 Å². The van der Waals surface area contributed by atoms with Crippen molar-refractivity contribution >= 4 is 11.7 Å². The Morgan fingerprint density at radius 1 is 1.57 bits per heavy atom. The van der Waals surface area contributed by atoms with E-state index in [4.69, 9.17) is 4.74 Å². The number of rotatable bonds is 5. The summed E-state index contributed by atoms with van der Waals surface area (Å²) in [4.78, 5) is 18.9. The van der Waals surface area contributed by atoms with Gasteiger partial charge in [0.25, 0.3) is 5.91 Å². The number of carbonyl (C=O) groups is 1. The molecule has 0 aliphatic carbocycles. The summed E-state index contributed by atoms with van der Waals surface area (Å²) < 4.78 is 5.49. The third-order valence-electron chi connectivity index (χ3n) is 4.06. The second kappa shape index (κ2) is 7.41. The van der Waals surface area contributed by atoms with E-state index in [-0.39, 0.29) is 12.0 Å². The lowest BCUT2D eigenvalue weighted by molar-refractivity contribution is -0.00154. The first kappa shape index (κ1) is 15.8. The summed E-state index contributed by atoms with van der Waals surface area (Å²) in [6.07, 6.45) is 3.80. The number of piperidine rings is 1. The standard InChI is InChI=1S/C16H25N3O2/c1-4-8-17-15-13(6-5-9-18-15)16(20)19-10-7-12(2)14(11-19)21-3/h5-6,9,12,14H,4,7-8,10-11H2,1-3H3,(H,17,18). The summed E-state index contributed by atoms with van der Waals surface area (Å²) in [6, 6.07) is 3.65. The molecule has 2 rings (SSSR count). The van der Waals surface area contributed by atoms with Crippen LogP contribution in [0.3, 0.4) is 0 Å². The van der Waals surface area contributed by atoms with Crippen LogP contribution in [0.25, 0.3) is 0 Å². The van der Waals surface area contributed by atoms with Crippen LogP contribution in [0.5, 0.6) is 0 Å². The first-order valence-electron chi connectivity index (χ1n) is 7.68. The largest absolute Gasteiger partial charge is 0.379 e. The highest BCUT2D eigenvalue weighted by molar-refractivity contribution is 5.98. The van der Waals surface area contributed by atoms with Gasteiger partial charge in [-0.1, -0.05) is 13.8 Å². The number of ether oxygens (including phenoxy) is 1. The number of likely N-dealkylation sites (tertiary alicyclic amines) is 1. The minimum absolute atomic E-state index is 0.0376. The van der Waals surface area contributed by atoms with Crippen molar-refractivity contribution in [2.45, 2.75) is 32.8 Å². The lowest BCUT2D eigenvalue weighted by atomic mass is 9.95. The highest BCUT2D eigenvalue weighted by Gasteiger charge is 2.30. The van der Waals surface area contributed by atoms with Crippen molar-refractivity contribution in [1.29, 1.82) is 0 Å². The van der Waals surface area contributed by atoms with Crippen LogP contribution in [0.1, 0.15) is 37.0 Å². The molecule has 0 bridgehead atoms. The Kier molecular flexibility index (Phi) is 5.56. The molecule has 116 valence electrons. The SMILES string of the molecule is CCCNc1ncccc1C(=O)N1CCC(C)C(OC)C1. The number of anilines is 1. The number of hydrogen-bond donors (Lipinski definition) is 1. The van der Waals surface area contributed by atoms with Crippen LogP contribution in [-0.2, 0) is 4.74 Å². The molecule has 1 aromatic heterocycles. The first-order chi connectivity index (χ1) is 10.2. The molecule has 0 aromatic carbocycles. The van der Waals surface area contributed by atoms with Crippen molar-refractivity contribution in [3.63, 3.8) is 0 Å². The van der Waals surface area contributed by atoms with Crippen LogP contribution < -0.4 is 5.32 Å². The molecule has 0 saturated carbocycles. The second-order valence-electron chi connectivity index (χ2n) is 5.62. The Balaban J connectivity index is 2.12. The first-order valence-corrected chi connectivity index (χ1v) is 7.68. The molecule has 1 fully saturated rings. The number of hydrogen-bond acceptors (Lipinski definition) is 4. The van der Waals surface area contributed by atoms with Crippen molar-refractivity contribution in [2.75, 3.05) is 32.1 Å². The molecule has 21 heavy (non-hydrogen) atoms. The maximum Gasteiger partial charge on any atom is 0.257 e. The number of pyridine rings is 1. The molecule has 5 nitrogen and oxygen atoms in total. The monoisotopic (exact) mass is 291 g/mol. The molecular weight excluding hydrogens is 266 g/mol. The maximum atomic E-state index is 12.7. The predicted octanol–water partition coefficient (Wildman–Crippen LogP) is 2.40. The van der Waals surface area contributed by atoms with Crippen molar-refractivity contribution in [3.8, 4) is 0 Å². The van der Waals surface area contributed by atoms with Gasteiger partial charge in [-0.25, -0.2) is 4.98 Å². The maximum absolute atomic E-state index is 12.7. The molecule has 1 aliphatic rings. The number of amides is 1. The van der Waals surface area contributed by atoms with E-state index in [1.54, 1.807) is 13.3 Å². The highest BCUT2D eigenvalue weighted by Crippen LogP contribution is 2.22. The van der Waals surface area contributed by atoms with Crippen LogP contribution in [0, 0.1) is 5.92 Å². The van der Waals surface area contributed by atoms with Gasteiger partial charge in [0.2, 0.25) is 0 Å². The molecular formula is C16H25N3O2. The zero-order valence-corrected chi connectivity index (χ0v) is 13.1. The smallest absolute Gasteiger partial charge is 0.257 e. The average Bonchev–Trinajstić information content (AvgIpc) is 2.53. The number of methoxy groups -OCH3 is 1. The normalized spacial score (nSPS) is 22.1. The van der Waals surface area contributed by atoms with E-state index in [0.717, 1.165) is 25.9 Å². The predicted molar refractivity (Wildman–Crippen MR) is 83.5 cm³/mol. The van der Waals surface area contributed by atoms with E-state index in [1.165, 1.54) is 0 Å². The average molecular weight is 291 g/mol. The fraction of sp³-hybridized carbons (Fsp3) is 0.625. The van der Waals surface area contributed by atoms with Gasteiger partial charge in [-0.3, -0.25) is 4.79 Å². The molecule has 0 spiro atoms. The Bertz CT molecular complexity index is 478. The van der Waals surface area contributed by atoms with Gasteiger partial charge in [-0.15, -0.1) is 0 Å². The van der Waals surface area contributed by atoms with Gasteiger partial charge in [0.05, 0.1) is 11.7 Å². The minimum Gasteiger partial charge on any atom is -0.379 e. The van der Waals surface area contributed by atoms with E-state index in [2.05, 4.69) is 24.1 Å². The van der Waals surface area contributed by atoms with Crippen molar-refractivity contribution in [3.05, 3.63) is 23.9 Å². The number of aromatic nitrogens is 1. The topological polar surface area (TPSA) is 54.5 Å². The van der Waals surface area contributed by atoms with Crippen molar-refractivity contribution in [1.82, 2.24) is 9.88 Å². The Morgan fingerprint density at radius 3 is 3.10 bits per heavy atom. The Hall–Kier alpha value is -1.62. The van der Waals surface area contributed by atoms with E-state index in [9.17, 15) is 4.79 Å². The van der Waals surface area contributed by atoms with Gasteiger partial charge in [-0.05, 0) is 30.9 Å². The van der Waals surface area contributed by atoms with E-state index in [0.29, 0.717) is 23.8 Å². The second-order valence-corrected chi connectivity index (χ2v) is 5.62. The van der Waals surface area contributed by atoms with Gasteiger partial charge in [0.15, 0.2) is 0 Å². The zero-order valence-electron chi connectivity index (χ0n) is 13.1. The lowest BCUT2D eigenvalue weighted by Gasteiger charge is -2.36. The highest BCUT2D eigenvalue weighted by atomic mass is 16.5. The molecule has 2 heterocycles. The zero-order chi connectivity index (χ0) is 15.2. The van der Waals surface area contributed by atoms with E-state index in [1.807, 2.05) is 17.0 Å². The molecule has 0 radical (unpaired) electrons. The van der Waals surface area contributed by atoms with Crippen LogP contribution in [0.4, 0.5) is 5.82 Å². The van der Waals surface area contributed by atoms with Gasteiger partial charge in [0, 0.05) is 32.9 Å². The van der Waals surface area contributed by atoms with Crippen LogP contribution in [0.2, 0.25) is 0 Å². The molecule has 1 amide bonds. The summed E-state index contributed by atoms with van der Waals surface area (Å²) >= 11 is 0. The molecule has 1 aromatic rings. The van der Waals surface area contributed by atoms with Crippen LogP contribution in [-0.4, -0.2) is 48.6 Å². The van der Waals surface area contributed by atoms with Crippen molar-refractivity contribution < 1.29 is 9.53 Å². The summed E-state index contributed by atoms with van der Waals surface area (Å²) in [6.45, 7) is 6.51. The van der Waals surface area contributed by atoms with Gasteiger partial charge in [-0.2, -0.15) is 0 Å². The Labute approximate surface area is 126 Å². The molecule has 2 unspecified atom stereocenters. The number of carbonyl (C=O) groups excluding carboxylic acids is 1. The summed E-state index contributed by atoms with van der Waals surface area (Å²) in [5.41, 5.74) is 0.648. The third kappa shape index (κ3) is 3.73. The number of nitrogens with one attached hydrogen (secondary N) is 1. The quantitative estimate of drug-likeness (QED) is 0.905. The summed E-state index contributed by atoms with van der Waals surface area (Å²) in [5, 5.41) is 3.23. The van der Waals surface area contributed by atoms with Crippen molar-refractivity contribution in [2.24, 2.45) is 5.92 Å². The molecule has 5 heteroatoms. The minimum atomic E-state index is 0.0376. The Morgan fingerprint density at radius 2 is 2.38 bits per heavy atom. The van der Waals surface area contributed by atoms with Crippen LogP contribution in [0.15, 0.2) is 18.3 Å². The lowest BCUT2D eigenvalue weighted by Crippen LogP contribution is -2.46. The summed E-state index contributed by atoms with van der Waals surface area (Å²) in [7, 11) is 1.72. The van der Waals surface area contributed by atoms with Gasteiger partial charge in [0.1, 0.15) is 5.82 Å².